The van der Waals surface area contributed by atoms with Crippen molar-refractivity contribution in [2.24, 2.45) is 4.99 Å². The lowest BCUT2D eigenvalue weighted by molar-refractivity contribution is 0.665. The lowest BCUT2D eigenvalue weighted by Crippen LogP contribution is -2.38. The van der Waals surface area contributed by atoms with Crippen molar-refractivity contribution < 1.29 is 0 Å². The van der Waals surface area contributed by atoms with Gasteiger partial charge in [-0.15, -0.1) is 0 Å². The number of nitrogens with one attached hydrogen (secondary N) is 2. The van der Waals surface area contributed by atoms with Crippen LogP contribution in [0, 0.1) is 0 Å². The molecule has 6 nitrogen and oxygen atoms in total. The van der Waals surface area contributed by atoms with Crippen LogP contribution in [0.3, 0.4) is 0 Å². The molecule has 0 unspecified atom stereocenters. The fourth-order valence-electron chi connectivity index (χ4n) is 2.88. The van der Waals surface area contributed by atoms with Gasteiger partial charge in [0.25, 0.3) is 0 Å². The Bertz CT molecular complexity index is 626. The second-order valence-electron chi connectivity index (χ2n) is 5.99. The van der Waals surface area contributed by atoms with Crippen molar-refractivity contribution in [1.29, 1.82) is 0 Å². The Morgan fingerprint density at radius 3 is 2.62 bits per heavy atom. The van der Waals surface area contributed by atoms with Gasteiger partial charge in [0.2, 0.25) is 0 Å². The molecular formula is C18H26N6. The van der Waals surface area contributed by atoms with Crippen LogP contribution in [0.15, 0.2) is 47.8 Å². The molecule has 0 aliphatic carbocycles. The summed E-state index contributed by atoms with van der Waals surface area (Å²) in [7, 11) is 1.79. The predicted molar refractivity (Wildman–Crippen MR) is 98.3 cm³/mol. The maximum Gasteiger partial charge on any atom is 0.191 e. The van der Waals surface area contributed by atoms with Crippen molar-refractivity contribution in [2.45, 2.75) is 25.9 Å². The molecule has 2 N–H and O–H groups in total. The number of pyridine rings is 1. The molecule has 3 heterocycles. The zero-order valence-corrected chi connectivity index (χ0v) is 14.3. The second kappa shape index (κ2) is 8.38. The van der Waals surface area contributed by atoms with Crippen LogP contribution in [0.5, 0.6) is 0 Å². The maximum absolute atomic E-state index is 4.58. The SMILES string of the molecule is CN=C(NCCn1cccc1)NCc1ccc(N2CCCC2)nc1. The minimum absolute atomic E-state index is 0.719. The average molecular weight is 326 g/mol. The summed E-state index contributed by atoms with van der Waals surface area (Å²) in [5.74, 6) is 1.90. The van der Waals surface area contributed by atoms with Crippen LogP contribution in [0.4, 0.5) is 5.82 Å². The lowest BCUT2D eigenvalue weighted by Gasteiger charge is -2.16. The zero-order chi connectivity index (χ0) is 16.6. The Labute approximate surface area is 143 Å². The second-order valence-corrected chi connectivity index (χ2v) is 5.99. The van der Waals surface area contributed by atoms with Gasteiger partial charge in [0.05, 0.1) is 0 Å². The zero-order valence-electron chi connectivity index (χ0n) is 14.3. The van der Waals surface area contributed by atoms with E-state index in [4.69, 9.17) is 0 Å². The normalized spacial score (nSPS) is 14.9. The summed E-state index contributed by atoms with van der Waals surface area (Å²) in [5, 5.41) is 6.65. The van der Waals surface area contributed by atoms with E-state index in [1.807, 2.05) is 18.3 Å². The van der Waals surface area contributed by atoms with Gasteiger partial charge in [0.15, 0.2) is 5.96 Å². The third-order valence-electron chi connectivity index (χ3n) is 4.25. The van der Waals surface area contributed by atoms with Crippen LogP contribution >= 0.6 is 0 Å². The number of rotatable bonds is 6. The molecule has 0 bridgehead atoms. The van der Waals surface area contributed by atoms with Gasteiger partial charge in [-0.25, -0.2) is 4.98 Å². The molecule has 0 saturated carbocycles. The molecule has 1 aliphatic heterocycles. The van der Waals surface area contributed by atoms with E-state index in [1.165, 1.54) is 12.8 Å². The Balaban J connectivity index is 1.43. The first kappa shape index (κ1) is 16.4. The van der Waals surface area contributed by atoms with E-state index in [9.17, 15) is 0 Å². The number of aliphatic imine (C=N–C) groups is 1. The molecule has 0 amide bonds. The minimum atomic E-state index is 0.719. The van der Waals surface area contributed by atoms with Gasteiger partial charge >= 0.3 is 0 Å². The summed E-state index contributed by atoms with van der Waals surface area (Å²) in [4.78, 5) is 11.2. The van der Waals surface area contributed by atoms with Gasteiger partial charge < -0.3 is 20.1 Å². The Kier molecular flexibility index (Phi) is 5.71. The van der Waals surface area contributed by atoms with E-state index < -0.39 is 0 Å². The monoisotopic (exact) mass is 326 g/mol. The topological polar surface area (TPSA) is 57.5 Å². The number of nitrogens with zero attached hydrogens (tertiary/aromatic N) is 4. The van der Waals surface area contributed by atoms with Gasteiger partial charge in [-0.05, 0) is 36.6 Å². The van der Waals surface area contributed by atoms with E-state index in [-0.39, 0.29) is 0 Å². The molecular weight excluding hydrogens is 300 g/mol. The molecule has 1 saturated heterocycles. The molecule has 3 rings (SSSR count). The van der Waals surface area contributed by atoms with Crippen molar-refractivity contribution in [3.63, 3.8) is 0 Å². The smallest absolute Gasteiger partial charge is 0.191 e. The molecule has 6 heteroatoms. The minimum Gasteiger partial charge on any atom is -0.357 e. The standard InChI is InChI=1S/C18H26N6/c1-19-18(20-8-13-23-9-2-3-10-23)22-15-16-6-7-17(21-14-16)24-11-4-5-12-24/h2-3,6-7,9-10,14H,4-5,8,11-13,15H2,1H3,(H2,19,20,22). The highest BCUT2D eigenvalue weighted by Gasteiger charge is 2.12. The van der Waals surface area contributed by atoms with Crippen LogP contribution in [-0.4, -0.2) is 42.2 Å². The first-order valence-corrected chi connectivity index (χ1v) is 8.60. The summed E-state index contributed by atoms with van der Waals surface area (Å²) < 4.78 is 2.14. The third kappa shape index (κ3) is 4.50. The predicted octanol–water partition coefficient (Wildman–Crippen LogP) is 1.85. The van der Waals surface area contributed by atoms with Crippen LogP contribution in [0.2, 0.25) is 0 Å². The first-order valence-electron chi connectivity index (χ1n) is 8.60. The van der Waals surface area contributed by atoms with Gasteiger partial charge in [-0.2, -0.15) is 0 Å². The van der Waals surface area contributed by atoms with Gasteiger partial charge in [-0.3, -0.25) is 4.99 Å². The average Bonchev–Trinajstić information content (AvgIpc) is 3.32. The molecule has 0 radical (unpaired) electrons. The Morgan fingerprint density at radius 1 is 1.17 bits per heavy atom. The van der Waals surface area contributed by atoms with Crippen LogP contribution < -0.4 is 15.5 Å². The highest BCUT2D eigenvalue weighted by molar-refractivity contribution is 5.79. The summed E-state index contributed by atoms with van der Waals surface area (Å²) in [6, 6.07) is 8.32. The Morgan fingerprint density at radius 2 is 1.96 bits per heavy atom. The van der Waals surface area contributed by atoms with E-state index in [1.54, 1.807) is 7.05 Å². The van der Waals surface area contributed by atoms with Crippen LogP contribution in [0.1, 0.15) is 18.4 Å². The number of hydrogen-bond donors (Lipinski definition) is 2. The van der Waals surface area contributed by atoms with Crippen LogP contribution in [-0.2, 0) is 13.1 Å². The summed E-state index contributed by atoms with van der Waals surface area (Å²) in [6.45, 7) is 4.72. The van der Waals surface area contributed by atoms with Gasteiger partial charge in [0.1, 0.15) is 5.82 Å². The summed E-state index contributed by atoms with van der Waals surface area (Å²) in [5.41, 5.74) is 1.16. The van der Waals surface area contributed by atoms with Gasteiger partial charge in [0, 0.05) is 58.4 Å². The molecule has 1 aliphatic rings. The molecule has 0 atom stereocenters. The third-order valence-corrected chi connectivity index (χ3v) is 4.25. The molecule has 0 aromatic carbocycles. The molecule has 2 aromatic heterocycles. The van der Waals surface area contributed by atoms with Crippen molar-refractivity contribution in [1.82, 2.24) is 20.2 Å². The Hall–Kier alpha value is -2.50. The molecule has 1 fully saturated rings. The van der Waals surface area contributed by atoms with Crippen molar-refractivity contribution in [2.75, 3.05) is 31.6 Å². The van der Waals surface area contributed by atoms with E-state index in [0.717, 1.165) is 50.1 Å². The number of anilines is 1. The lowest BCUT2D eigenvalue weighted by atomic mass is 10.3. The van der Waals surface area contributed by atoms with Crippen LogP contribution in [0.25, 0.3) is 0 Å². The highest BCUT2D eigenvalue weighted by Crippen LogP contribution is 2.17. The van der Waals surface area contributed by atoms with Crippen molar-refractivity contribution >= 4 is 11.8 Å². The highest BCUT2D eigenvalue weighted by atomic mass is 15.2. The molecule has 24 heavy (non-hydrogen) atoms. The van der Waals surface area contributed by atoms with E-state index >= 15 is 0 Å². The van der Waals surface area contributed by atoms with Crippen molar-refractivity contribution in [3.8, 4) is 0 Å². The number of hydrogen-bond acceptors (Lipinski definition) is 3. The number of aromatic nitrogens is 2. The first-order chi connectivity index (χ1) is 11.8. The largest absolute Gasteiger partial charge is 0.357 e. The molecule has 128 valence electrons. The fourth-order valence-corrected chi connectivity index (χ4v) is 2.88. The van der Waals surface area contributed by atoms with Gasteiger partial charge in [-0.1, -0.05) is 6.07 Å². The summed E-state index contributed by atoms with van der Waals surface area (Å²) >= 11 is 0. The quantitative estimate of drug-likeness (QED) is 0.628. The van der Waals surface area contributed by atoms with E-state index in [0.29, 0.717) is 0 Å². The van der Waals surface area contributed by atoms with E-state index in [2.05, 4.69) is 54.6 Å². The molecule has 2 aromatic rings. The molecule has 0 spiro atoms. The van der Waals surface area contributed by atoms with Crippen molar-refractivity contribution in [3.05, 3.63) is 48.4 Å². The summed E-state index contributed by atoms with van der Waals surface area (Å²) in [6.07, 6.45) is 8.62. The maximum atomic E-state index is 4.58. The fraction of sp³-hybridized carbons (Fsp3) is 0.444. The number of guanidine groups is 1.